The van der Waals surface area contributed by atoms with Crippen LogP contribution in [0.1, 0.15) is 35.7 Å². The molecule has 1 amide bonds. The van der Waals surface area contributed by atoms with E-state index in [0.29, 0.717) is 44.3 Å². The zero-order valence-electron chi connectivity index (χ0n) is 11.4. The van der Waals surface area contributed by atoms with Gasteiger partial charge in [-0.2, -0.15) is 13.2 Å². The first kappa shape index (κ1) is 15.8. The van der Waals surface area contributed by atoms with Gasteiger partial charge in [0.1, 0.15) is 5.82 Å². The minimum absolute atomic E-state index is 0.446. The third-order valence-corrected chi connectivity index (χ3v) is 3.55. The Bertz CT molecular complexity index is 536. The highest BCUT2D eigenvalue weighted by atomic mass is 19.4. The lowest BCUT2D eigenvalue weighted by Crippen LogP contribution is -2.49. The third kappa shape index (κ3) is 3.72. The second-order valence-electron chi connectivity index (χ2n) is 5.32. The predicted molar refractivity (Wildman–Crippen MR) is 67.3 cm³/mol. The molecule has 0 radical (unpaired) electrons. The van der Waals surface area contributed by atoms with Crippen LogP contribution in [0.25, 0.3) is 0 Å². The molecule has 1 heterocycles. The second kappa shape index (κ2) is 5.63. The van der Waals surface area contributed by atoms with E-state index in [2.05, 4.69) is 5.32 Å². The van der Waals surface area contributed by atoms with E-state index in [1.165, 1.54) is 0 Å². The molecule has 0 saturated carbocycles. The molecule has 1 aliphatic heterocycles. The van der Waals surface area contributed by atoms with E-state index < -0.39 is 34.6 Å². The summed E-state index contributed by atoms with van der Waals surface area (Å²) >= 11 is 0. The van der Waals surface area contributed by atoms with Crippen LogP contribution in [0.4, 0.5) is 17.6 Å². The molecular formula is C14H15F4NO2. The molecule has 1 N–H and O–H groups in total. The van der Waals surface area contributed by atoms with Crippen LogP contribution in [0.3, 0.4) is 0 Å². The summed E-state index contributed by atoms with van der Waals surface area (Å²) in [6.45, 7) is 2.66. The molecule has 1 saturated heterocycles. The maximum absolute atomic E-state index is 13.6. The SMILES string of the molecule is CC1(NC(=O)c2cc(C(F)(F)F)ccc2F)CCOCC1. The first-order valence-electron chi connectivity index (χ1n) is 6.48. The Labute approximate surface area is 119 Å². The Morgan fingerprint density at radius 3 is 2.48 bits per heavy atom. The number of amides is 1. The van der Waals surface area contributed by atoms with Gasteiger partial charge < -0.3 is 10.1 Å². The number of alkyl halides is 3. The summed E-state index contributed by atoms with van der Waals surface area (Å²) in [6.07, 6.45) is -3.57. The molecular weight excluding hydrogens is 290 g/mol. The van der Waals surface area contributed by atoms with Crippen LogP contribution < -0.4 is 5.32 Å². The first-order chi connectivity index (χ1) is 9.71. The van der Waals surface area contributed by atoms with Crippen molar-refractivity contribution >= 4 is 5.91 Å². The number of carbonyl (C=O) groups excluding carboxylic acids is 1. The van der Waals surface area contributed by atoms with Crippen LogP contribution in [0.5, 0.6) is 0 Å². The molecule has 0 unspecified atom stereocenters. The van der Waals surface area contributed by atoms with Crippen molar-refractivity contribution in [1.82, 2.24) is 5.32 Å². The first-order valence-corrected chi connectivity index (χ1v) is 6.48. The molecule has 0 atom stereocenters. The molecule has 116 valence electrons. The number of halogens is 4. The van der Waals surface area contributed by atoms with Crippen LogP contribution in [-0.4, -0.2) is 24.7 Å². The lowest BCUT2D eigenvalue weighted by Gasteiger charge is -2.34. The van der Waals surface area contributed by atoms with E-state index in [0.717, 1.165) is 0 Å². The number of benzene rings is 1. The molecule has 1 fully saturated rings. The topological polar surface area (TPSA) is 38.3 Å². The Kier molecular flexibility index (Phi) is 4.22. The fourth-order valence-corrected chi connectivity index (χ4v) is 2.16. The van der Waals surface area contributed by atoms with Gasteiger partial charge in [-0.05, 0) is 38.0 Å². The number of ether oxygens (including phenoxy) is 1. The van der Waals surface area contributed by atoms with Gasteiger partial charge in [0.2, 0.25) is 0 Å². The molecule has 1 aromatic carbocycles. The lowest BCUT2D eigenvalue weighted by atomic mass is 9.92. The van der Waals surface area contributed by atoms with E-state index >= 15 is 0 Å². The largest absolute Gasteiger partial charge is 0.416 e. The number of hydrogen-bond donors (Lipinski definition) is 1. The zero-order valence-corrected chi connectivity index (χ0v) is 11.4. The van der Waals surface area contributed by atoms with Gasteiger partial charge in [-0.1, -0.05) is 0 Å². The molecule has 2 rings (SSSR count). The molecule has 0 bridgehead atoms. The highest BCUT2D eigenvalue weighted by molar-refractivity contribution is 5.95. The van der Waals surface area contributed by atoms with Gasteiger partial charge >= 0.3 is 6.18 Å². The fraction of sp³-hybridized carbons (Fsp3) is 0.500. The van der Waals surface area contributed by atoms with E-state index in [-0.39, 0.29) is 0 Å². The normalized spacial score (nSPS) is 18.3. The summed E-state index contributed by atoms with van der Waals surface area (Å²) < 4.78 is 56.7. The highest BCUT2D eigenvalue weighted by Crippen LogP contribution is 2.30. The summed E-state index contributed by atoms with van der Waals surface area (Å²) in [4.78, 5) is 12.1. The van der Waals surface area contributed by atoms with Gasteiger partial charge in [0.25, 0.3) is 5.91 Å². The minimum Gasteiger partial charge on any atom is -0.381 e. The maximum Gasteiger partial charge on any atom is 0.416 e. The van der Waals surface area contributed by atoms with Gasteiger partial charge in [0.05, 0.1) is 11.1 Å². The van der Waals surface area contributed by atoms with Gasteiger partial charge in [-0.25, -0.2) is 4.39 Å². The zero-order chi connectivity index (χ0) is 15.7. The molecule has 3 nitrogen and oxygen atoms in total. The van der Waals surface area contributed by atoms with Crippen LogP contribution in [-0.2, 0) is 10.9 Å². The summed E-state index contributed by atoms with van der Waals surface area (Å²) in [5.41, 5.74) is -2.25. The standard InChI is InChI=1S/C14H15F4NO2/c1-13(4-6-21-7-5-13)19-12(20)10-8-9(14(16,17)18)2-3-11(10)15/h2-3,8H,4-7H2,1H3,(H,19,20). The van der Waals surface area contributed by atoms with Crippen molar-refractivity contribution in [1.29, 1.82) is 0 Å². The Morgan fingerprint density at radius 2 is 1.90 bits per heavy atom. The van der Waals surface area contributed by atoms with Gasteiger partial charge in [0.15, 0.2) is 0 Å². The van der Waals surface area contributed by atoms with Crippen LogP contribution in [0.15, 0.2) is 18.2 Å². The van der Waals surface area contributed by atoms with E-state index in [1.807, 2.05) is 0 Å². The van der Waals surface area contributed by atoms with Gasteiger partial charge in [-0.3, -0.25) is 4.79 Å². The maximum atomic E-state index is 13.6. The fourth-order valence-electron chi connectivity index (χ4n) is 2.16. The summed E-state index contributed by atoms with van der Waals surface area (Å²) in [5, 5.41) is 2.60. The molecule has 1 aliphatic rings. The highest BCUT2D eigenvalue weighted by Gasteiger charge is 2.34. The van der Waals surface area contributed by atoms with Crippen LogP contribution >= 0.6 is 0 Å². The molecule has 1 aromatic rings. The average molecular weight is 305 g/mol. The van der Waals surface area contributed by atoms with Crippen molar-refractivity contribution in [2.45, 2.75) is 31.5 Å². The number of hydrogen-bond acceptors (Lipinski definition) is 2. The summed E-state index contributed by atoms with van der Waals surface area (Å²) in [5.74, 6) is -1.82. The summed E-state index contributed by atoms with van der Waals surface area (Å²) in [6, 6.07) is 1.81. The lowest BCUT2D eigenvalue weighted by molar-refractivity contribution is -0.137. The Morgan fingerprint density at radius 1 is 1.29 bits per heavy atom. The smallest absolute Gasteiger partial charge is 0.381 e. The minimum atomic E-state index is -4.62. The van der Waals surface area contributed by atoms with Crippen molar-refractivity contribution < 1.29 is 27.1 Å². The number of rotatable bonds is 2. The predicted octanol–water partition coefficient (Wildman–Crippen LogP) is 3.14. The number of carbonyl (C=O) groups is 1. The van der Waals surface area contributed by atoms with Gasteiger partial charge in [0, 0.05) is 18.8 Å². The van der Waals surface area contributed by atoms with Gasteiger partial charge in [-0.15, -0.1) is 0 Å². The molecule has 7 heteroatoms. The Balaban J connectivity index is 2.22. The van der Waals surface area contributed by atoms with E-state index in [1.54, 1.807) is 6.92 Å². The monoisotopic (exact) mass is 305 g/mol. The molecule has 0 aliphatic carbocycles. The molecule has 21 heavy (non-hydrogen) atoms. The van der Waals surface area contributed by atoms with Crippen molar-refractivity contribution in [3.63, 3.8) is 0 Å². The molecule has 0 spiro atoms. The molecule has 0 aromatic heterocycles. The van der Waals surface area contributed by atoms with Crippen molar-refractivity contribution in [3.8, 4) is 0 Å². The Hall–Kier alpha value is -1.63. The van der Waals surface area contributed by atoms with Crippen molar-refractivity contribution in [3.05, 3.63) is 35.1 Å². The average Bonchev–Trinajstić information content (AvgIpc) is 2.38. The second-order valence-corrected chi connectivity index (χ2v) is 5.32. The quantitative estimate of drug-likeness (QED) is 0.853. The van der Waals surface area contributed by atoms with Crippen LogP contribution in [0.2, 0.25) is 0 Å². The number of nitrogens with one attached hydrogen (secondary N) is 1. The van der Waals surface area contributed by atoms with Crippen molar-refractivity contribution in [2.24, 2.45) is 0 Å². The van der Waals surface area contributed by atoms with E-state index in [4.69, 9.17) is 4.74 Å². The van der Waals surface area contributed by atoms with Crippen LogP contribution in [0, 0.1) is 5.82 Å². The van der Waals surface area contributed by atoms with Crippen molar-refractivity contribution in [2.75, 3.05) is 13.2 Å². The summed E-state index contributed by atoms with van der Waals surface area (Å²) in [7, 11) is 0. The van der Waals surface area contributed by atoms with E-state index in [9.17, 15) is 22.4 Å². The third-order valence-electron chi connectivity index (χ3n) is 3.55.